The van der Waals surface area contributed by atoms with Crippen molar-refractivity contribution in [1.29, 1.82) is 0 Å². The Hall–Kier alpha value is -6.74. The molecule has 4 aliphatic heterocycles. The summed E-state index contributed by atoms with van der Waals surface area (Å²) in [5.74, 6) is -4.15. The molecule has 6 N–H and O–H groups in total. The van der Waals surface area contributed by atoms with Crippen molar-refractivity contribution in [1.82, 2.24) is 30.4 Å². The number of thioether (sulfide) groups is 2. The van der Waals surface area contributed by atoms with E-state index in [0.717, 1.165) is 22.7 Å². The smallest absolute Gasteiger partial charge is 0.431 e. The summed E-state index contributed by atoms with van der Waals surface area (Å²) in [4.78, 5) is 122. The van der Waals surface area contributed by atoms with Crippen molar-refractivity contribution in [3.63, 3.8) is 0 Å². The first-order valence-corrected chi connectivity index (χ1v) is 25.5. The van der Waals surface area contributed by atoms with Crippen molar-refractivity contribution in [3.05, 3.63) is 44.1 Å². The number of aromatic nitrogens is 2. The number of hydrogen-bond donors (Lipinski definition) is 4. The second-order valence-electron chi connectivity index (χ2n) is 16.0. The number of β-lactam (4-membered cyclic amide) rings is 2. The molecule has 8 unspecified atom stereocenters. The Labute approximate surface area is 439 Å². The largest absolute Gasteiger partial charge is 0.511 e. The second-order valence-corrected chi connectivity index (χ2v) is 19.7. The molecule has 2 aromatic rings. The van der Waals surface area contributed by atoms with Crippen molar-refractivity contribution >= 4 is 116 Å². The second kappa shape index (κ2) is 26.5. The van der Waals surface area contributed by atoms with E-state index in [9.17, 15) is 38.4 Å². The van der Waals surface area contributed by atoms with Gasteiger partial charge in [-0.25, -0.2) is 29.1 Å². The molecule has 0 aromatic carbocycles. The number of thiazole rings is 2. The van der Waals surface area contributed by atoms with Gasteiger partial charge >= 0.3 is 24.2 Å². The fourth-order valence-electron chi connectivity index (χ4n) is 6.98. The number of nitrogens with two attached hydrogens (primary N) is 2. The van der Waals surface area contributed by atoms with Gasteiger partial charge in [-0.15, -0.1) is 46.2 Å². The Balaban J connectivity index is 0.000000274. The van der Waals surface area contributed by atoms with Crippen LogP contribution in [0.15, 0.2) is 43.0 Å². The van der Waals surface area contributed by atoms with Gasteiger partial charge in [-0.05, 0) is 49.7 Å². The molecule has 0 saturated carbocycles. The van der Waals surface area contributed by atoms with Crippen molar-refractivity contribution in [2.45, 2.75) is 101 Å². The number of rotatable bonds is 20. The molecule has 0 aliphatic carbocycles. The van der Waals surface area contributed by atoms with Crippen LogP contribution in [0.25, 0.3) is 0 Å². The predicted molar refractivity (Wildman–Crippen MR) is 264 cm³/mol. The zero-order valence-corrected chi connectivity index (χ0v) is 44.6. The van der Waals surface area contributed by atoms with Gasteiger partial charge in [-0.2, -0.15) is 0 Å². The highest BCUT2D eigenvalue weighted by Crippen LogP contribution is 2.42. The summed E-state index contributed by atoms with van der Waals surface area (Å²) in [6, 6.07) is -4.24. The first kappa shape index (κ1) is 58.2. The number of carbonyl (C=O) groups excluding carboxylic acids is 8. The van der Waals surface area contributed by atoms with E-state index in [0.29, 0.717) is 11.1 Å². The lowest BCUT2D eigenvalue weighted by Crippen LogP contribution is -2.74. The number of carbonyl (C=O) groups is 8. The molecular weight excluding hydrogens is 1060 g/mol. The first-order valence-electron chi connectivity index (χ1n) is 21.9. The average Bonchev–Trinajstić information content (AvgIpc) is 3.97. The number of anilines is 2. The number of amides is 4. The van der Waals surface area contributed by atoms with Crippen molar-refractivity contribution in [2.75, 3.05) is 53.1 Å². The van der Waals surface area contributed by atoms with Crippen LogP contribution in [0.5, 0.6) is 0 Å². The highest BCUT2D eigenvalue weighted by atomic mass is 32.2. The van der Waals surface area contributed by atoms with E-state index in [4.69, 9.17) is 59.0 Å². The lowest BCUT2D eigenvalue weighted by atomic mass is 9.98. The average molecular weight is 1120 g/mol. The fraction of sp³-hybridized carbons (Fsp3) is 0.524. The van der Waals surface area contributed by atoms with Crippen molar-refractivity contribution in [2.24, 2.45) is 10.3 Å². The third kappa shape index (κ3) is 14.3. The Bertz CT molecular complexity index is 2380. The van der Waals surface area contributed by atoms with Crippen molar-refractivity contribution < 1.29 is 85.9 Å². The number of nitrogens with zero attached hydrogens (tertiary/aromatic N) is 6. The predicted octanol–water partition coefficient (Wildman–Crippen LogP) is 1.65. The molecule has 6 heterocycles. The van der Waals surface area contributed by atoms with Crippen LogP contribution in [0, 0.1) is 0 Å². The molecule has 74 heavy (non-hydrogen) atoms. The van der Waals surface area contributed by atoms with E-state index in [-0.39, 0.29) is 46.3 Å². The van der Waals surface area contributed by atoms with Gasteiger partial charge in [-0.1, -0.05) is 10.3 Å². The lowest BCUT2D eigenvalue weighted by molar-refractivity contribution is -0.180. The van der Waals surface area contributed by atoms with Crippen LogP contribution < -0.4 is 22.1 Å². The molecular formula is C42H54N10O18S4. The monoisotopic (exact) mass is 1110 g/mol. The Morgan fingerprint density at radius 1 is 0.608 bits per heavy atom. The molecule has 8 atom stereocenters. The third-order valence-electron chi connectivity index (χ3n) is 9.85. The van der Waals surface area contributed by atoms with Gasteiger partial charge < -0.3 is 79.5 Å². The summed E-state index contributed by atoms with van der Waals surface area (Å²) < 4.78 is 40.5. The molecule has 2 fully saturated rings. The van der Waals surface area contributed by atoms with Gasteiger partial charge in [-0.3, -0.25) is 19.2 Å². The molecule has 0 radical (unpaired) electrons. The molecule has 28 nitrogen and oxygen atoms in total. The standard InChI is InChI=1S/2C21H27N5O9S2/c2*1-9(2)33-21(30)35-10(3)34-19(29)15-11(6-31-4)7-36-18-14(17(28)26(15)18)24-16(27)13(25-32-5)12-8-37-20(22)23-12/h2*7-10,14-15,18H,6H2,1-5H3,(H2,22,23)(H,24,27)/b25-13+;25-13-. The first-order chi connectivity index (χ1) is 35.1. The van der Waals surface area contributed by atoms with E-state index < -0.39 is 108 Å². The van der Waals surface area contributed by atoms with Crippen LogP contribution in [0.2, 0.25) is 0 Å². The number of nitrogen functional groups attached to an aromatic ring is 2. The normalized spacial score (nSPS) is 21.8. The maximum atomic E-state index is 13.1. The maximum absolute atomic E-state index is 13.1. The van der Waals surface area contributed by atoms with Crippen molar-refractivity contribution in [3.8, 4) is 0 Å². The van der Waals surface area contributed by atoms with Gasteiger partial charge in [0.15, 0.2) is 33.8 Å². The van der Waals surface area contributed by atoms with Gasteiger partial charge in [0.05, 0.1) is 25.4 Å². The number of methoxy groups -OCH3 is 2. The zero-order valence-electron chi connectivity index (χ0n) is 41.3. The lowest BCUT2D eigenvalue weighted by Gasteiger charge is -2.51. The van der Waals surface area contributed by atoms with Crippen LogP contribution in [0.4, 0.5) is 19.9 Å². The van der Waals surface area contributed by atoms with E-state index >= 15 is 0 Å². The summed E-state index contributed by atoms with van der Waals surface area (Å²) in [7, 11) is 5.41. The minimum atomic E-state index is -1.28. The van der Waals surface area contributed by atoms with Gasteiger partial charge in [0, 0.05) is 38.8 Å². The number of fused-ring (bicyclic) bond motifs is 2. The highest BCUT2D eigenvalue weighted by molar-refractivity contribution is 8.03. The number of oxime groups is 2. The van der Waals surface area contributed by atoms with E-state index in [2.05, 4.69) is 30.9 Å². The maximum Gasteiger partial charge on any atom is 0.511 e. The minimum absolute atomic E-state index is 0.0425. The van der Waals surface area contributed by atoms with Gasteiger partial charge in [0.2, 0.25) is 24.4 Å². The highest BCUT2D eigenvalue weighted by Gasteiger charge is 2.58. The van der Waals surface area contributed by atoms with Gasteiger partial charge in [0.25, 0.3) is 11.8 Å². The van der Waals surface area contributed by atoms with Gasteiger partial charge in [0.1, 0.15) is 48.4 Å². The van der Waals surface area contributed by atoms with E-state index in [1.807, 2.05) is 0 Å². The Morgan fingerprint density at radius 3 is 1.27 bits per heavy atom. The zero-order chi connectivity index (χ0) is 54.6. The minimum Gasteiger partial charge on any atom is -0.431 e. The summed E-state index contributed by atoms with van der Waals surface area (Å²) in [6.07, 6.45) is -5.40. The number of ether oxygens (including phenoxy) is 8. The number of nitrogens with one attached hydrogen (secondary N) is 2. The molecule has 0 bridgehead atoms. The van der Waals surface area contributed by atoms with E-state index in [1.54, 1.807) is 38.5 Å². The molecule has 2 aromatic heterocycles. The molecule has 4 amide bonds. The Morgan fingerprint density at radius 2 is 0.973 bits per heavy atom. The molecule has 32 heteroatoms. The summed E-state index contributed by atoms with van der Waals surface area (Å²) >= 11 is 4.68. The summed E-state index contributed by atoms with van der Waals surface area (Å²) in [5.41, 5.74) is 12.3. The SMILES string of the molecule is COCC1=CSC2C(NC(=O)/C(=N/OC)c3csc(N)n3)C(=O)N2C1C(=O)OC(C)OC(=O)OC(C)C.COCC1=CSC2C(NC(=O)/C(=N\OC)c3csc(N)n3)C(=O)N2C1C(=O)OC(C)OC(=O)OC(C)C. The summed E-state index contributed by atoms with van der Waals surface area (Å²) in [6.45, 7) is 9.33. The summed E-state index contributed by atoms with van der Waals surface area (Å²) in [5, 5.41) is 18.3. The molecule has 404 valence electrons. The quantitative estimate of drug-likeness (QED) is 0.0366. The van der Waals surface area contributed by atoms with Crippen LogP contribution in [-0.2, 0) is 76.3 Å². The number of hydrogen-bond acceptors (Lipinski definition) is 28. The molecule has 0 spiro atoms. The third-order valence-corrected chi connectivity index (χ3v) is 13.6. The molecule has 2 saturated heterocycles. The Kier molecular flexibility index (Phi) is 20.8. The molecule has 4 aliphatic rings. The fourth-order valence-corrected chi connectivity index (χ4v) is 10.5. The van der Waals surface area contributed by atoms with Crippen LogP contribution >= 0.6 is 46.2 Å². The van der Waals surface area contributed by atoms with Crippen LogP contribution in [0.3, 0.4) is 0 Å². The van der Waals surface area contributed by atoms with Crippen LogP contribution in [-0.4, -0.2) is 180 Å². The van der Waals surface area contributed by atoms with E-state index in [1.165, 1.54) is 86.4 Å². The van der Waals surface area contributed by atoms with Crippen LogP contribution in [0.1, 0.15) is 52.9 Å². The number of esters is 2. The molecule has 6 rings (SSSR count). The topological polar surface area (TPSA) is 362 Å².